The maximum absolute atomic E-state index is 12.2. The lowest BCUT2D eigenvalue weighted by Gasteiger charge is -2.14. The molecule has 0 aliphatic carbocycles. The number of hydrogen-bond acceptors (Lipinski definition) is 8. The van der Waals surface area contributed by atoms with E-state index in [-0.39, 0.29) is 18.5 Å². The predicted molar refractivity (Wildman–Crippen MR) is 150 cm³/mol. The fourth-order valence-electron chi connectivity index (χ4n) is 4.13. The standard InChI is InChI=1S/C29H36N6O4/c1-5-6-7-24-32-25-26(28(39-19(2)3)34-33-27(25)30)35(24)17-21-8-10-22(11-9-21)18-38-29(36)31-16-20-12-14-23(37-4)15-13-20/h8-15,19H,5-7,16-18H2,1-4H3,(H2,30,33)(H,31,36). The molecule has 3 N–H and O–H groups in total. The van der Waals surface area contributed by atoms with Crippen molar-refractivity contribution in [1.29, 1.82) is 0 Å². The van der Waals surface area contributed by atoms with Crippen molar-refractivity contribution in [2.24, 2.45) is 0 Å². The Hall–Kier alpha value is -4.34. The minimum atomic E-state index is -0.475. The molecule has 2 aromatic heterocycles. The largest absolute Gasteiger partial charge is 0.497 e. The van der Waals surface area contributed by atoms with Crippen LogP contribution in [-0.2, 0) is 30.9 Å². The molecule has 0 aliphatic heterocycles. The summed E-state index contributed by atoms with van der Waals surface area (Å²) in [6.45, 7) is 7.16. The number of nitrogens with zero attached hydrogens (tertiary/aromatic N) is 4. The maximum atomic E-state index is 12.2. The van der Waals surface area contributed by atoms with Gasteiger partial charge in [0.05, 0.1) is 13.2 Å². The van der Waals surface area contributed by atoms with Crippen molar-refractivity contribution in [3.63, 3.8) is 0 Å². The van der Waals surface area contributed by atoms with Gasteiger partial charge in [-0.3, -0.25) is 0 Å². The van der Waals surface area contributed by atoms with Crippen LogP contribution in [0.15, 0.2) is 48.5 Å². The average Bonchev–Trinajstić information content (AvgIpc) is 3.31. The van der Waals surface area contributed by atoms with Crippen molar-refractivity contribution >= 4 is 22.9 Å². The Labute approximate surface area is 228 Å². The smallest absolute Gasteiger partial charge is 0.407 e. The molecular formula is C29H36N6O4. The second kappa shape index (κ2) is 12.9. The molecule has 2 aromatic carbocycles. The van der Waals surface area contributed by atoms with Crippen molar-refractivity contribution in [1.82, 2.24) is 25.1 Å². The molecule has 10 heteroatoms. The van der Waals surface area contributed by atoms with Crippen LogP contribution >= 0.6 is 0 Å². The number of hydrogen-bond donors (Lipinski definition) is 2. The van der Waals surface area contributed by atoms with Gasteiger partial charge >= 0.3 is 6.09 Å². The summed E-state index contributed by atoms with van der Waals surface area (Å²) in [7, 11) is 1.62. The molecule has 0 saturated heterocycles. The average molecular weight is 533 g/mol. The van der Waals surface area contributed by atoms with Gasteiger partial charge in [0.15, 0.2) is 5.82 Å². The number of fused-ring (bicyclic) bond motifs is 1. The Morgan fingerprint density at radius 1 is 1.03 bits per heavy atom. The van der Waals surface area contributed by atoms with E-state index < -0.39 is 6.09 Å². The normalized spacial score (nSPS) is 11.1. The fourth-order valence-corrected chi connectivity index (χ4v) is 4.13. The van der Waals surface area contributed by atoms with E-state index in [9.17, 15) is 4.79 Å². The summed E-state index contributed by atoms with van der Waals surface area (Å²) < 4.78 is 18.6. The van der Waals surface area contributed by atoms with E-state index >= 15 is 0 Å². The summed E-state index contributed by atoms with van der Waals surface area (Å²) in [6, 6.07) is 15.4. The molecule has 206 valence electrons. The van der Waals surface area contributed by atoms with Gasteiger partial charge < -0.3 is 29.8 Å². The minimum absolute atomic E-state index is 0.0683. The number of ether oxygens (including phenoxy) is 3. The Morgan fingerprint density at radius 2 is 1.72 bits per heavy atom. The number of imidazole rings is 1. The van der Waals surface area contributed by atoms with E-state index in [2.05, 4.69) is 27.0 Å². The number of unbranched alkanes of at least 4 members (excludes halogenated alkanes) is 1. The quantitative estimate of drug-likeness (QED) is 0.260. The van der Waals surface area contributed by atoms with Crippen LogP contribution in [0.5, 0.6) is 11.6 Å². The summed E-state index contributed by atoms with van der Waals surface area (Å²) in [4.78, 5) is 17.0. The highest BCUT2D eigenvalue weighted by Crippen LogP contribution is 2.29. The lowest BCUT2D eigenvalue weighted by Crippen LogP contribution is -2.23. The van der Waals surface area contributed by atoms with Gasteiger partial charge in [-0.2, -0.15) is 0 Å². The molecule has 0 spiro atoms. The van der Waals surface area contributed by atoms with Crippen molar-refractivity contribution in [3.05, 3.63) is 71.0 Å². The van der Waals surface area contributed by atoms with Crippen molar-refractivity contribution in [3.8, 4) is 11.6 Å². The van der Waals surface area contributed by atoms with E-state index in [1.54, 1.807) is 7.11 Å². The number of amides is 1. The predicted octanol–water partition coefficient (Wildman–Crippen LogP) is 5.02. The molecule has 10 nitrogen and oxygen atoms in total. The Morgan fingerprint density at radius 3 is 2.38 bits per heavy atom. The van der Waals surface area contributed by atoms with Gasteiger partial charge in [0.2, 0.25) is 0 Å². The zero-order chi connectivity index (χ0) is 27.8. The summed E-state index contributed by atoms with van der Waals surface area (Å²) in [6.07, 6.45) is 2.32. The number of aryl methyl sites for hydroxylation is 1. The molecule has 0 radical (unpaired) electrons. The number of nitrogen functional groups attached to an aromatic ring is 1. The van der Waals surface area contributed by atoms with Crippen LogP contribution < -0.4 is 20.5 Å². The number of aromatic nitrogens is 4. The lowest BCUT2D eigenvalue weighted by molar-refractivity contribution is 0.139. The van der Waals surface area contributed by atoms with Crippen molar-refractivity contribution < 1.29 is 19.0 Å². The monoisotopic (exact) mass is 532 g/mol. The fraction of sp³-hybridized carbons (Fsp3) is 0.379. The van der Waals surface area contributed by atoms with Gasteiger partial charge in [0, 0.05) is 19.5 Å². The highest BCUT2D eigenvalue weighted by Gasteiger charge is 2.20. The molecule has 0 saturated carbocycles. The van der Waals surface area contributed by atoms with E-state index in [1.807, 2.05) is 62.4 Å². The van der Waals surface area contributed by atoms with Crippen LogP contribution in [0, 0.1) is 0 Å². The number of methoxy groups -OCH3 is 1. The Balaban J connectivity index is 1.43. The zero-order valence-electron chi connectivity index (χ0n) is 22.9. The third-order valence-corrected chi connectivity index (χ3v) is 6.17. The summed E-state index contributed by atoms with van der Waals surface area (Å²) in [5.41, 5.74) is 10.4. The number of nitrogens with two attached hydrogens (primary N) is 1. The van der Waals surface area contributed by atoms with Crippen LogP contribution in [-0.4, -0.2) is 39.1 Å². The zero-order valence-corrected chi connectivity index (χ0v) is 22.9. The van der Waals surface area contributed by atoms with Crippen LogP contribution in [0.2, 0.25) is 0 Å². The number of carbonyl (C=O) groups is 1. The van der Waals surface area contributed by atoms with Gasteiger partial charge in [-0.25, -0.2) is 9.78 Å². The number of alkyl carbamates (subject to hydrolysis) is 1. The van der Waals surface area contributed by atoms with Crippen molar-refractivity contribution in [2.45, 2.75) is 65.8 Å². The van der Waals surface area contributed by atoms with Gasteiger partial charge in [0.1, 0.15) is 29.2 Å². The van der Waals surface area contributed by atoms with E-state index in [4.69, 9.17) is 24.9 Å². The molecule has 0 fully saturated rings. The number of benzene rings is 2. The molecule has 0 unspecified atom stereocenters. The highest BCUT2D eigenvalue weighted by molar-refractivity contribution is 5.88. The first kappa shape index (κ1) is 27.7. The molecule has 1 amide bonds. The molecule has 0 atom stereocenters. The SMILES string of the molecule is CCCCc1nc2c(N)nnc(OC(C)C)c2n1Cc1ccc(COC(=O)NCc2ccc(OC)cc2)cc1. The van der Waals surface area contributed by atoms with Crippen LogP contribution in [0.1, 0.15) is 56.1 Å². The third kappa shape index (κ3) is 7.16. The maximum Gasteiger partial charge on any atom is 0.407 e. The van der Waals surface area contributed by atoms with Crippen LogP contribution in [0.25, 0.3) is 11.0 Å². The van der Waals surface area contributed by atoms with Gasteiger partial charge in [0.25, 0.3) is 5.88 Å². The molecule has 4 aromatic rings. The summed E-state index contributed by atoms with van der Waals surface area (Å²) in [5, 5.41) is 11.0. The lowest BCUT2D eigenvalue weighted by atomic mass is 10.1. The minimum Gasteiger partial charge on any atom is -0.497 e. The first-order valence-electron chi connectivity index (χ1n) is 13.2. The van der Waals surface area contributed by atoms with E-state index in [1.165, 1.54) is 0 Å². The van der Waals surface area contributed by atoms with Crippen LogP contribution in [0.4, 0.5) is 10.6 Å². The van der Waals surface area contributed by atoms with Gasteiger partial charge in [-0.05, 0) is 49.1 Å². The molecule has 0 bridgehead atoms. The second-order valence-electron chi connectivity index (χ2n) is 9.57. The molecule has 4 rings (SSSR count). The highest BCUT2D eigenvalue weighted by atomic mass is 16.5. The molecule has 2 heterocycles. The first-order valence-corrected chi connectivity index (χ1v) is 13.2. The topological polar surface area (TPSA) is 126 Å². The third-order valence-electron chi connectivity index (χ3n) is 6.17. The molecule has 0 aliphatic rings. The van der Waals surface area contributed by atoms with Crippen LogP contribution in [0.3, 0.4) is 0 Å². The summed E-state index contributed by atoms with van der Waals surface area (Å²) >= 11 is 0. The van der Waals surface area contributed by atoms with E-state index in [0.717, 1.165) is 53.0 Å². The number of rotatable bonds is 12. The van der Waals surface area contributed by atoms with Gasteiger partial charge in [-0.15, -0.1) is 10.2 Å². The number of nitrogens with one attached hydrogen (secondary N) is 1. The van der Waals surface area contributed by atoms with Gasteiger partial charge in [-0.1, -0.05) is 49.7 Å². The summed E-state index contributed by atoms with van der Waals surface area (Å²) in [5.74, 6) is 2.40. The molecular weight excluding hydrogens is 496 g/mol. The Kier molecular flexibility index (Phi) is 9.19. The van der Waals surface area contributed by atoms with E-state index in [0.29, 0.717) is 24.5 Å². The van der Waals surface area contributed by atoms with Crippen molar-refractivity contribution in [2.75, 3.05) is 12.8 Å². The number of carbonyl (C=O) groups excluding carboxylic acids is 1. The first-order chi connectivity index (χ1) is 18.9. The Bertz CT molecular complexity index is 1380. The molecule has 39 heavy (non-hydrogen) atoms. The second-order valence-corrected chi connectivity index (χ2v) is 9.57. The number of anilines is 1.